The summed E-state index contributed by atoms with van der Waals surface area (Å²) < 4.78 is 0. The molecule has 0 spiro atoms. The molecule has 1 unspecified atom stereocenters. The van der Waals surface area contributed by atoms with E-state index >= 15 is 0 Å². The fourth-order valence-corrected chi connectivity index (χ4v) is 1.86. The molecule has 1 aliphatic rings. The highest BCUT2D eigenvalue weighted by Crippen LogP contribution is 2.06. The second kappa shape index (κ2) is 7.54. The fourth-order valence-electron chi connectivity index (χ4n) is 1.70. The van der Waals surface area contributed by atoms with Crippen LogP contribution in [-0.4, -0.2) is 24.7 Å². The minimum absolute atomic E-state index is 0.828. The SMILES string of the molecule is C=CCN[NH+]1CC/C(CC)=C\CC(=S)NC1. The van der Waals surface area contributed by atoms with Gasteiger partial charge in [-0.05, 0) is 6.42 Å². The van der Waals surface area contributed by atoms with Gasteiger partial charge in [0.1, 0.15) is 0 Å². The van der Waals surface area contributed by atoms with Crippen LogP contribution in [-0.2, 0) is 0 Å². The third-order valence-corrected chi connectivity index (χ3v) is 3.08. The van der Waals surface area contributed by atoms with Gasteiger partial charge in [0.2, 0.25) is 0 Å². The summed E-state index contributed by atoms with van der Waals surface area (Å²) in [6.45, 7) is 8.68. The van der Waals surface area contributed by atoms with Crippen molar-refractivity contribution < 1.29 is 5.01 Å². The van der Waals surface area contributed by atoms with Gasteiger partial charge in [-0.3, -0.25) is 0 Å². The molecule has 0 bridgehead atoms. The largest absolute Gasteiger partial charge is 0.332 e. The van der Waals surface area contributed by atoms with Crippen molar-refractivity contribution in [3.63, 3.8) is 0 Å². The van der Waals surface area contributed by atoms with Gasteiger partial charge in [0.15, 0.2) is 6.67 Å². The Balaban J connectivity index is 2.54. The number of hydrogen-bond acceptors (Lipinski definition) is 2. The number of quaternary nitrogens is 1. The lowest BCUT2D eigenvalue weighted by atomic mass is 10.1. The molecule has 0 aromatic carbocycles. The second-order valence-electron chi connectivity index (χ2n) is 3.97. The van der Waals surface area contributed by atoms with Crippen LogP contribution in [0.4, 0.5) is 0 Å². The molecule has 1 aliphatic heterocycles. The summed E-state index contributed by atoms with van der Waals surface area (Å²) in [5, 5.41) is 4.60. The van der Waals surface area contributed by atoms with Gasteiger partial charge in [-0.2, -0.15) is 5.43 Å². The number of rotatable bonds is 4. The van der Waals surface area contributed by atoms with E-state index in [0.29, 0.717) is 0 Å². The first-order valence-electron chi connectivity index (χ1n) is 5.90. The first-order valence-corrected chi connectivity index (χ1v) is 6.31. The minimum atomic E-state index is 0.828. The molecule has 0 aromatic rings. The Kier molecular flexibility index (Phi) is 6.30. The standard InChI is InChI=1S/C12H21N3S/c1-3-8-14-15-9-7-11(4-2)5-6-12(16)13-10-15/h3,5,14H,1,4,6-10H2,2H3,(H,13,16)/p+1/b11-5-. The number of hydrogen-bond donors (Lipinski definition) is 3. The van der Waals surface area contributed by atoms with Crippen molar-refractivity contribution in [1.82, 2.24) is 10.7 Å². The molecule has 1 heterocycles. The Morgan fingerprint density at radius 2 is 2.50 bits per heavy atom. The van der Waals surface area contributed by atoms with Gasteiger partial charge in [-0.1, -0.05) is 36.9 Å². The summed E-state index contributed by atoms with van der Waals surface area (Å²) in [7, 11) is 0. The van der Waals surface area contributed by atoms with Gasteiger partial charge in [0.25, 0.3) is 0 Å². The van der Waals surface area contributed by atoms with Gasteiger partial charge < -0.3 is 5.32 Å². The van der Waals surface area contributed by atoms with E-state index in [4.69, 9.17) is 12.2 Å². The molecule has 90 valence electrons. The second-order valence-corrected chi connectivity index (χ2v) is 4.46. The molecule has 0 saturated carbocycles. The highest BCUT2D eigenvalue weighted by atomic mass is 32.1. The monoisotopic (exact) mass is 240 g/mol. The van der Waals surface area contributed by atoms with Crippen LogP contribution in [0.15, 0.2) is 24.3 Å². The van der Waals surface area contributed by atoms with E-state index in [9.17, 15) is 0 Å². The topological polar surface area (TPSA) is 28.5 Å². The van der Waals surface area contributed by atoms with Gasteiger partial charge in [0, 0.05) is 12.8 Å². The Morgan fingerprint density at radius 1 is 1.69 bits per heavy atom. The molecule has 0 amide bonds. The van der Waals surface area contributed by atoms with Crippen LogP contribution in [0.3, 0.4) is 0 Å². The molecular formula is C12H22N3S+. The van der Waals surface area contributed by atoms with Crippen molar-refractivity contribution in [2.45, 2.75) is 26.2 Å². The predicted molar refractivity (Wildman–Crippen MR) is 72.2 cm³/mol. The zero-order chi connectivity index (χ0) is 11.8. The Hall–Kier alpha value is -0.710. The average Bonchev–Trinajstić information content (AvgIpc) is 2.38. The van der Waals surface area contributed by atoms with E-state index in [1.807, 2.05) is 6.08 Å². The summed E-state index contributed by atoms with van der Waals surface area (Å²) in [6, 6.07) is 0. The maximum atomic E-state index is 5.26. The molecule has 0 saturated heterocycles. The van der Waals surface area contributed by atoms with Crippen LogP contribution in [0.2, 0.25) is 0 Å². The third kappa shape index (κ3) is 4.88. The minimum Gasteiger partial charge on any atom is -0.332 e. The quantitative estimate of drug-likeness (QED) is 0.495. The molecule has 0 fully saturated rings. The lowest BCUT2D eigenvalue weighted by Crippen LogP contribution is -3.20. The molecule has 3 nitrogen and oxygen atoms in total. The van der Waals surface area contributed by atoms with E-state index in [1.165, 1.54) is 10.6 Å². The van der Waals surface area contributed by atoms with E-state index in [-0.39, 0.29) is 0 Å². The van der Waals surface area contributed by atoms with Crippen molar-refractivity contribution in [1.29, 1.82) is 0 Å². The normalized spacial score (nSPS) is 25.7. The van der Waals surface area contributed by atoms with E-state index in [2.05, 4.69) is 30.3 Å². The van der Waals surface area contributed by atoms with Crippen molar-refractivity contribution in [3.8, 4) is 0 Å². The van der Waals surface area contributed by atoms with E-state index in [1.54, 1.807) is 0 Å². The van der Waals surface area contributed by atoms with Crippen LogP contribution in [0.1, 0.15) is 26.2 Å². The van der Waals surface area contributed by atoms with Crippen LogP contribution in [0, 0.1) is 0 Å². The molecule has 1 rings (SSSR count). The molecule has 0 aromatic heterocycles. The average molecular weight is 240 g/mol. The lowest BCUT2D eigenvalue weighted by Gasteiger charge is -2.19. The van der Waals surface area contributed by atoms with Gasteiger partial charge >= 0.3 is 0 Å². The molecule has 4 heteroatoms. The van der Waals surface area contributed by atoms with Crippen LogP contribution in [0.5, 0.6) is 0 Å². The maximum absolute atomic E-state index is 5.26. The maximum Gasteiger partial charge on any atom is 0.168 e. The first kappa shape index (κ1) is 13.4. The van der Waals surface area contributed by atoms with Gasteiger partial charge in [0.05, 0.1) is 18.1 Å². The van der Waals surface area contributed by atoms with Crippen LogP contribution < -0.4 is 15.8 Å². The molecule has 0 radical (unpaired) electrons. The van der Waals surface area contributed by atoms with Crippen LogP contribution in [0.25, 0.3) is 0 Å². The van der Waals surface area contributed by atoms with Crippen molar-refractivity contribution in [2.24, 2.45) is 0 Å². The van der Waals surface area contributed by atoms with E-state index in [0.717, 1.165) is 44.0 Å². The third-order valence-electron chi connectivity index (χ3n) is 2.77. The molecular weight excluding hydrogens is 218 g/mol. The highest BCUT2D eigenvalue weighted by Gasteiger charge is 2.11. The predicted octanol–water partition coefficient (Wildman–Crippen LogP) is 0.567. The highest BCUT2D eigenvalue weighted by molar-refractivity contribution is 7.80. The lowest BCUT2D eigenvalue weighted by molar-refractivity contribution is -0.946. The Morgan fingerprint density at radius 3 is 3.19 bits per heavy atom. The summed E-state index contributed by atoms with van der Waals surface area (Å²) in [4.78, 5) is 0.936. The summed E-state index contributed by atoms with van der Waals surface area (Å²) in [5.74, 6) is 0. The first-order chi connectivity index (χ1) is 7.76. The van der Waals surface area contributed by atoms with Crippen molar-refractivity contribution >= 4 is 17.2 Å². The summed E-state index contributed by atoms with van der Waals surface area (Å²) in [5.41, 5.74) is 4.88. The summed E-state index contributed by atoms with van der Waals surface area (Å²) in [6.07, 6.45) is 7.30. The zero-order valence-corrected chi connectivity index (χ0v) is 10.8. The van der Waals surface area contributed by atoms with Crippen LogP contribution >= 0.6 is 12.2 Å². The molecule has 3 N–H and O–H groups in total. The summed E-state index contributed by atoms with van der Waals surface area (Å²) >= 11 is 5.26. The fraction of sp³-hybridized carbons (Fsp3) is 0.583. The van der Waals surface area contributed by atoms with Gasteiger partial charge in [-0.15, -0.1) is 6.58 Å². The van der Waals surface area contributed by atoms with Gasteiger partial charge in [-0.25, -0.2) is 5.01 Å². The zero-order valence-electron chi connectivity index (χ0n) is 10.0. The molecule has 16 heavy (non-hydrogen) atoms. The number of nitrogens with one attached hydrogen (secondary N) is 3. The smallest absolute Gasteiger partial charge is 0.168 e. The van der Waals surface area contributed by atoms with E-state index < -0.39 is 0 Å². The van der Waals surface area contributed by atoms with Crippen molar-refractivity contribution in [2.75, 3.05) is 19.8 Å². The van der Waals surface area contributed by atoms with Crippen molar-refractivity contribution in [3.05, 3.63) is 24.3 Å². The molecule has 0 aliphatic carbocycles. The number of thiocarbonyl (C=S) groups is 1. The Labute approximate surface area is 104 Å². The Bertz CT molecular complexity index is 273. The molecule has 1 atom stereocenters.